The Hall–Kier alpha value is -6.60. The van der Waals surface area contributed by atoms with E-state index in [1.54, 1.807) is 6.07 Å². The van der Waals surface area contributed by atoms with Gasteiger partial charge in [0.1, 0.15) is 48.6 Å². The van der Waals surface area contributed by atoms with Gasteiger partial charge in [-0.2, -0.15) is 47.4 Å². The van der Waals surface area contributed by atoms with Crippen molar-refractivity contribution in [3.8, 4) is 54.6 Å². The van der Waals surface area contributed by atoms with Crippen LogP contribution in [0, 0.1) is 102 Å². The fourth-order valence-corrected chi connectivity index (χ4v) is 2.88. The Kier molecular flexibility index (Phi) is 31.3. The molecule has 3 heterocycles. The molecular weight excluding hydrogens is 704 g/mol. The van der Waals surface area contributed by atoms with E-state index >= 15 is 0 Å². The molecule has 0 aliphatic carbocycles. The van der Waals surface area contributed by atoms with Crippen LogP contribution in [0.25, 0.3) is 0 Å². The first kappa shape index (κ1) is 46.8. The van der Waals surface area contributed by atoms with Gasteiger partial charge in [0.25, 0.3) is 0 Å². The predicted octanol–water partition coefficient (Wildman–Crippen LogP) is 5.78. The van der Waals surface area contributed by atoms with Gasteiger partial charge in [-0.1, -0.05) is 18.2 Å². The van der Waals surface area contributed by atoms with Gasteiger partial charge in [0.05, 0.1) is 28.5 Å². The number of rotatable bonds is 6. The Morgan fingerprint density at radius 1 is 0.510 bits per heavy atom. The molecule has 0 aliphatic heterocycles. The van der Waals surface area contributed by atoms with Crippen molar-refractivity contribution in [1.82, 2.24) is 19.9 Å². The van der Waals surface area contributed by atoms with Crippen molar-refractivity contribution in [2.45, 2.75) is 26.6 Å². The minimum absolute atomic E-state index is 0. The fraction of sp³-hybridized carbons (Fsp3) is 0.152. The summed E-state index contributed by atoms with van der Waals surface area (Å²) < 4.78 is 0. The fourth-order valence-electron chi connectivity index (χ4n) is 2.88. The van der Waals surface area contributed by atoms with Crippen molar-refractivity contribution in [1.29, 1.82) is 47.4 Å². The Morgan fingerprint density at radius 3 is 0.857 bits per heavy atom. The van der Waals surface area contributed by atoms with Crippen molar-refractivity contribution in [2.24, 2.45) is 0 Å². The van der Waals surface area contributed by atoms with E-state index in [4.69, 9.17) is 70.6 Å². The molecule has 0 spiro atoms. The maximum atomic E-state index is 8.13. The van der Waals surface area contributed by atoms with Crippen LogP contribution in [0.1, 0.15) is 24.0 Å². The molecule has 0 aromatic carbocycles. The molecule has 0 unspecified atom stereocenters. The summed E-state index contributed by atoms with van der Waals surface area (Å²) in [7, 11) is 0. The van der Waals surface area contributed by atoms with Crippen LogP contribution in [0.15, 0.2) is 95.5 Å². The number of pyridine rings is 3. The number of allylic oxidation sites excluding steroid dienone is 4. The number of nitriles is 9. The number of hydrogen-bond acceptors (Lipinski definition) is 13. The quantitative estimate of drug-likeness (QED) is 0.166. The summed E-state index contributed by atoms with van der Waals surface area (Å²) in [6.07, 6.45) is 5.49. The van der Waals surface area contributed by atoms with Gasteiger partial charge in [-0.25, -0.2) is 0 Å². The van der Waals surface area contributed by atoms with Gasteiger partial charge in [0.15, 0.2) is 22.3 Å². The molecule has 13 nitrogen and oxygen atoms in total. The van der Waals surface area contributed by atoms with E-state index in [1.807, 2.05) is 73.2 Å². The molecule has 3 aromatic heterocycles. The van der Waals surface area contributed by atoms with Crippen LogP contribution < -0.4 is 0 Å². The molecule has 16 heteroatoms. The number of aromatic nitrogens is 3. The normalized spacial score (nSPS) is 7.65. The molecule has 3 aromatic rings. The Bertz CT molecular complexity index is 1550. The van der Waals surface area contributed by atoms with Crippen molar-refractivity contribution < 1.29 is 17.1 Å². The van der Waals surface area contributed by atoms with Crippen LogP contribution in [0.4, 0.5) is 0 Å². The predicted molar refractivity (Wildman–Crippen MR) is 172 cm³/mol. The second-order valence-corrected chi connectivity index (χ2v) is 8.64. The van der Waals surface area contributed by atoms with Gasteiger partial charge in [0.2, 0.25) is 0 Å². The Balaban J connectivity index is -0.000000661. The van der Waals surface area contributed by atoms with Crippen LogP contribution >= 0.6 is 23.2 Å². The summed E-state index contributed by atoms with van der Waals surface area (Å²) in [6.45, 7) is 3.75. The van der Waals surface area contributed by atoms with Crippen LogP contribution in [0.2, 0.25) is 0 Å². The van der Waals surface area contributed by atoms with Gasteiger partial charge in [-0.15, -0.1) is 23.2 Å². The molecule has 0 N–H and O–H groups in total. The average Bonchev–Trinajstić information content (AvgIpc) is 3.12. The van der Waals surface area contributed by atoms with E-state index in [2.05, 4.69) is 19.9 Å². The van der Waals surface area contributed by atoms with Crippen molar-refractivity contribution >= 4 is 23.2 Å². The van der Waals surface area contributed by atoms with Crippen molar-refractivity contribution in [3.05, 3.63) is 113 Å². The largest absolute Gasteiger partial charge is 0.286 e. The maximum Gasteiger partial charge on any atom is 0.158 e. The molecule has 0 aliphatic rings. The summed E-state index contributed by atoms with van der Waals surface area (Å²) in [5.41, 5.74) is 1.39. The third-order valence-electron chi connectivity index (χ3n) is 4.73. The summed E-state index contributed by atoms with van der Waals surface area (Å²) in [5.74, 6) is 0. The summed E-state index contributed by atoms with van der Waals surface area (Å²) in [5, 5.41) is 72.5. The van der Waals surface area contributed by atoms with Crippen molar-refractivity contribution in [2.75, 3.05) is 5.34 Å². The molecule has 241 valence electrons. The second-order valence-electron chi connectivity index (χ2n) is 7.83. The Labute approximate surface area is 305 Å². The van der Waals surface area contributed by atoms with E-state index in [-0.39, 0.29) is 22.4 Å². The first-order valence-electron chi connectivity index (χ1n) is 12.9. The molecule has 0 amide bonds. The zero-order valence-corrected chi connectivity index (χ0v) is 28.4. The maximum absolute atomic E-state index is 8.13. The van der Waals surface area contributed by atoms with Gasteiger partial charge >= 0.3 is 0 Å². The number of alkyl halides is 2. The zero-order chi connectivity index (χ0) is 36.4. The Morgan fingerprint density at radius 2 is 0.714 bits per heavy atom. The number of nitrogens with zero attached hydrogens (tertiary/aromatic N) is 13. The van der Waals surface area contributed by atoms with Gasteiger partial charge < -0.3 is 0 Å². The SMILES string of the molecule is CC#N.ClCCl.N#CC(C#N)=C(C#N)C#N.N#CC(C#N)=C(C#N)C#N.[Mn].c1ccc(CN(Cc2ccccn2)Cc2ccccn2)nc1. The van der Waals surface area contributed by atoms with Gasteiger partial charge in [0, 0.05) is 62.2 Å². The first-order chi connectivity index (χ1) is 23.3. The molecule has 3 rings (SSSR count). The minimum Gasteiger partial charge on any atom is -0.286 e. The third-order valence-corrected chi connectivity index (χ3v) is 4.73. The van der Waals surface area contributed by atoms with E-state index in [9.17, 15) is 0 Å². The van der Waals surface area contributed by atoms with Gasteiger partial charge in [-0.05, 0) is 36.4 Å². The summed E-state index contributed by atoms with van der Waals surface area (Å²) in [6, 6.07) is 31.2. The van der Waals surface area contributed by atoms with Gasteiger partial charge in [-0.3, -0.25) is 19.9 Å². The molecule has 49 heavy (non-hydrogen) atoms. The molecule has 0 atom stereocenters. The molecular formula is C33H23Cl2MnN13. The van der Waals surface area contributed by atoms with Crippen molar-refractivity contribution in [3.63, 3.8) is 0 Å². The molecule has 0 saturated heterocycles. The molecule has 0 saturated carbocycles. The van der Waals surface area contributed by atoms with Crippen LogP contribution in [-0.4, -0.2) is 25.2 Å². The van der Waals surface area contributed by atoms with Crippen LogP contribution in [0.5, 0.6) is 0 Å². The second kappa shape index (κ2) is 32.8. The molecule has 1 radical (unpaired) electrons. The standard InChI is InChI=1S/C18H18N4.2C6N4.C2H3N.CH2Cl2.Mn/c1-4-10-19-16(7-1)13-22(14-17-8-2-5-11-20-17)15-18-9-3-6-12-21-18;2*7-1-5(2-8)6(3-9)4-10;1-2-3;2-1-3;/h1-12H,13-15H2;;;1H3;1H2;. The first-order valence-corrected chi connectivity index (χ1v) is 13.9. The number of hydrogen-bond donors (Lipinski definition) is 0. The van der Waals surface area contributed by atoms with E-state index in [0.29, 0.717) is 0 Å². The molecule has 0 bridgehead atoms. The zero-order valence-electron chi connectivity index (χ0n) is 25.7. The van der Waals surface area contributed by atoms with Crippen LogP contribution in [-0.2, 0) is 36.7 Å². The topological polar surface area (TPSA) is 256 Å². The third kappa shape index (κ3) is 22.5. The van der Waals surface area contributed by atoms with E-state index in [1.165, 1.54) is 55.5 Å². The molecule has 0 fully saturated rings. The summed E-state index contributed by atoms with van der Waals surface area (Å²) in [4.78, 5) is 15.6. The number of halogens is 2. The smallest absolute Gasteiger partial charge is 0.158 e. The average molecular weight is 727 g/mol. The monoisotopic (exact) mass is 726 g/mol. The minimum atomic E-state index is -0.440. The van der Waals surface area contributed by atoms with Crippen LogP contribution in [0.3, 0.4) is 0 Å². The summed E-state index contributed by atoms with van der Waals surface area (Å²) >= 11 is 9.53. The van der Waals surface area contributed by atoms with E-state index in [0.717, 1.165) is 36.7 Å². The van der Waals surface area contributed by atoms with E-state index < -0.39 is 22.3 Å².